The molecule has 9 heteroatoms. The molecule has 1 aromatic carbocycles. The molecule has 228 valence electrons. The Labute approximate surface area is 245 Å². The molecule has 4 heterocycles. The maximum Gasteiger partial charge on any atom is 0.305 e. The van der Waals surface area contributed by atoms with Crippen LogP contribution >= 0.6 is 0 Å². The number of nitrogens with one attached hydrogen (secondary N) is 1. The van der Waals surface area contributed by atoms with Crippen LogP contribution in [0.4, 0.5) is 5.95 Å². The molecule has 5 rings (SSSR count). The molecule has 4 N–H and O–H groups in total. The molecule has 3 aliphatic rings. The van der Waals surface area contributed by atoms with Crippen LogP contribution in [-0.2, 0) is 22.4 Å². The molecule has 41 heavy (non-hydrogen) atoms. The lowest BCUT2D eigenvalue weighted by Gasteiger charge is -2.34. The van der Waals surface area contributed by atoms with Crippen molar-refractivity contribution in [3.05, 3.63) is 53.4 Å². The number of methoxy groups -OCH3 is 1. The number of nitrogens with zero attached hydrogens (tertiary/aromatic N) is 3. The number of aliphatic hydroxyl groups is 1. The average molecular weight is 571 g/mol. The van der Waals surface area contributed by atoms with Crippen molar-refractivity contribution >= 4 is 17.5 Å². The first-order valence-corrected chi connectivity index (χ1v) is 14.9. The Morgan fingerprint density at radius 1 is 1.15 bits per heavy atom. The molecule has 0 amide bonds. The molecule has 2 aromatic rings. The van der Waals surface area contributed by atoms with E-state index in [0.717, 1.165) is 96.4 Å². The molecule has 0 spiro atoms. The number of rotatable bonds is 8. The topological polar surface area (TPSA) is 128 Å². The molecule has 9 nitrogen and oxygen atoms in total. The second-order valence-corrected chi connectivity index (χ2v) is 10.5. The summed E-state index contributed by atoms with van der Waals surface area (Å²) in [5, 5.41) is 10.4. The summed E-state index contributed by atoms with van der Waals surface area (Å²) in [6.45, 7) is 8.32. The number of carbonyl (C=O) groups is 1. The second-order valence-electron chi connectivity index (χ2n) is 10.5. The predicted octanol–water partition coefficient (Wildman–Crippen LogP) is 4.16. The third kappa shape index (κ3) is 10.1. The maximum absolute atomic E-state index is 10.3. The fraction of sp³-hybridized carbons (Fsp3) is 0.594. The van der Waals surface area contributed by atoms with Gasteiger partial charge in [0, 0.05) is 52.0 Å². The summed E-state index contributed by atoms with van der Waals surface area (Å²) in [4.78, 5) is 21.9. The number of esters is 1. The monoisotopic (exact) mass is 570 g/mol. The fourth-order valence-corrected chi connectivity index (χ4v) is 5.45. The van der Waals surface area contributed by atoms with Crippen molar-refractivity contribution in [3.63, 3.8) is 0 Å². The van der Waals surface area contributed by atoms with Crippen LogP contribution in [0, 0.1) is 5.92 Å². The van der Waals surface area contributed by atoms with Crippen LogP contribution < -0.4 is 15.0 Å². The lowest BCUT2D eigenvalue weighted by atomic mass is 9.88. The molecule has 0 saturated carbocycles. The normalized spacial score (nSPS) is 17.8. The lowest BCUT2D eigenvalue weighted by molar-refractivity contribution is -0.140. The van der Waals surface area contributed by atoms with Crippen molar-refractivity contribution < 1.29 is 24.9 Å². The molecule has 3 aliphatic heterocycles. The zero-order chi connectivity index (χ0) is 28.7. The van der Waals surface area contributed by atoms with Gasteiger partial charge in [-0.05, 0) is 79.0 Å². The van der Waals surface area contributed by atoms with Crippen molar-refractivity contribution in [1.29, 1.82) is 0 Å². The summed E-state index contributed by atoms with van der Waals surface area (Å²) in [5.74, 6) is 2.47. The Balaban J connectivity index is 0.000000466. The summed E-state index contributed by atoms with van der Waals surface area (Å²) in [7, 11) is 2.41. The number of hydrogen-bond acceptors (Lipinski definition) is 8. The molecule has 1 saturated heterocycles. The minimum Gasteiger partial charge on any atom is -0.490 e. The van der Waals surface area contributed by atoms with E-state index in [-0.39, 0.29) is 11.4 Å². The van der Waals surface area contributed by atoms with Gasteiger partial charge >= 0.3 is 5.97 Å². The van der Waals surface area contributed by atoms with Gasteiger partial charge < -0.3 is 30.3 Å². The first-order chi connectivity index (χ1) is 19.6. The summed E-state index contributed by atoms with van der Waals surface area (Å²) in [6, 6.07) is 6.79. The van der Waals surface area contributed by atoms with E-state index < -0.39 is 0 Å². The van der Waals surface area contributed by atoms with Crippen molar-refractivity contribution in [2.75, 3.05) is 45.3 Å². The van der Waals surface area contributed by atoms with Crippen LogP contribution in [0.25, 0.3) is 5.57 Å². The zero-order valence-corrected chi connectivity index (χ0v) is 25.3. The van der Waals surface area contributed by atoms with Gasteiger partial charge in [-0.25, -0.2) is 9.97 Å². The highest BCUT2D eigenvalue weighted by molar-refractivity contribution is 5.69. The molecule has 0 aliphatic carbocycles. The zero-order valence-electron chi connectivity index (χ0n) is 25.3. The van der Waals surface area contributed by atoms with E-state index in [1.165, 1.54) is 29.4 Å². The standard InChI is InChI=1S/C25H32N4O.C6H12O2.CH4O.H2O/c1-2-3-18-16-27-25(28-17-18)29-12-8-20(9-13-29)24-15-22-14-21(4-5-23(22)30-24)19-6-10-26-11-7-19;1-3-4-5-6(7)8-2;1-2;/h4-6,14,16-17,20,24,26H,2-3,7-13,15H2,1H3;3-5H2,1-2H3;2H,1H3;1H2. The summed E-state index contributed by atoms with van der Waals surface area (Å²) in [6.07, 6.45) is 15.8. The molecule has 1 unspecified atom stereocenters. The number of aliphatic hydroxyl groups excluding tert-OH is 1. The van der Waals surface area contributed by atoms with E-state index in [9.17, 15) is 4.79 Å². The quantitative estimate of drug-likeness (QED) is 0.453. The lowest BCUT2D eigenvalue weighted by Crippen LogP contribution is -2.40. The van der Waals surface area contributed by atoms with E-state index in [2.05, 4.69) is 56.1 Å². The predicted molar refractivity (Wildman–Crippen MR) is 164 cm³/mol. The minimum absolute atomic E-state index is 0. The number of anilines is 1. The van der Waals surface area contributed by atoms with Crippen LogP contribution in [0.5, 0.6) is 5.75 Å². The largest absolute Gasteiger partial charge is 0.490 e. The van der Waals surface area contributed by atoms with Crippen LogP contribution in [0.15, 0.2) is 36.7 Å². The Bertz CT molecular complexity index is 1070. The number of benzene rings is 1. The SMILES string of the molecule is CCCCC(=O)OC.CCCc1cnc(N2CCC(C3Cc4cc(C5=CCNCC5)ccc4O3)CC2)nc1.CO.O. The summed E-state index contributed by atoms with van der Waals surface area (Å²) in [5.41, 5.74) is 5.46. The van der Waals surface area contributed by atoms with Crippen LogP contribution in [0.2, 0.25) is 0 Å². The van der Waals surface area contributed by atoms with Crippen LogP contribution in [0.1, 0.15) is 75.5 Å². The van der Waals surface area contributed by atoms with Gasteiger partial charge in [-0.15, -0.1) is 0 Å². The van der Waals surface area contributed by atoms with E-state index in [1.54, 1.807) is 0 Å². The third-order valence-electron chi connectivity index (χ3n) is 7.74. The Morgan fingerprint density at radius 2 is 1.88 bits per heavy atom. The number of aromatic nitrogens is 2. The number of unbranched alkanes of at least 4 members (excludes halogenated alkanes) is 1. The smallest absolute Gasteiger partial charge is 0.305 e. The summed E-state index contributed by atoms with van der Waals surface area (Å²) >= 11 is 0. The third-order valence-corrected chi connectivity index (χ3v) is 7.74. The van der Waals surface area contributed by atoms with Gasteiger partial charge in [-0.2, -0.15) is 0 Å². The first-order valence-electron chi connectivity index (χ1n) is 14.9. The van der Waals surface area contributed by atoms with Crippen molar-refractivity contribution in [2.24, 2.45) is 5.92 Å². The number of aryl methyl sites for hydroxylation is 1. The van der Waals surface area contributed by atoms with Gasteiger partial charge in [-0.1, -0.05) is 38.8 Å². The fourth-order valence-electron chi connectivity index (χ4n) is 5.45. The highest BCUT2D eigenvalue weighted by Gasteiger charge is 2.33. The van der Waals surface area contributed by atoms with Crippen LogP contribution in [0.3, 0.4) is 0 Å². The Hall–Kier alpha value is -3.01. The van der Waals surface area contributed by atoms with E-state index in [0.29, 0.717) is 18.4 Å². The average Bonchev–Trinajstić information content (AvgIpc) is 3.46. The van der Waals surface area contributed by atoms with Gasteiger partial charge in [0.25, 0.3) is 0 Å². The number of hydrogen-bond donors (Lipinski definition) is 2. The Morgan fingerprint density at radius 3 is 2.49 bits per heavy atom. The van der Waals surface area contributed by atoms with Gasteiger partial charge in [0.15, 0.2) is 0 Å². The molecular weight excluding hydrogens is 520 g/mol. The molecular formula is C32H50N4O5. The van der Waals surface area contributed by atoms with E-state index in [4.69, 9.17) is 9.84 Å². The summed E-state index contributed by atoms with van der Waals surface area (Å²) < 4.78 is 10.8. The number of piperidine rings is 1. The minimum atomic E-state index is -0.105. The van der Waals surface area contributed by atoms with Crippen molar-refractivity contribution in [2.45, 2.75) is 77.7 Å². The highest BCUT2D eigenvalue weighted by atomic mass is 16.5. The number of carbonyl (C=O) groups excluding carboxylic acids is 1. The molecule has 1 fully saturated rings. The van der Waals surface area contributed by atoms with Gasteiger partial charge in [0.2, 0.25) is 5.95 Å². The number of ether oxygens (including phenoxy) is 2. The maximum atomic E-state index is 10.3. The Kier molecular flexibility index (Phi) is 15.4. The molecule has 1 atom stereocenters. The molecule has 0 bridgehead atoms. The van der Waals surface area contributed by atoms with Crippen molar-refractivity contribution in [1.82, 2.24) is 15.3 Å². The van der Waals surface area contributed by atoms with Gasteiger partial charge in [-0.3, -0.25) is 4.79 Å². The first kappa shape index (κ1) is 34.2. The van der Waals surface area contributed by atoms with E-state index >= 15 is 0 Å². The van der Waals surface area contributed by atoms with Crippen LogP contribution in [-0.4, -0.2) is 73.0 Å². The highest BCUT2D eigenvalue weighted by Crippen LogP contribution is 2.37. The molecule has 0 radical (unpaired) electrons. The van der Waals surface area contributed by atoms with Crippen molar-refractivity contribution in [3.8, 4) is 5.75 Å². The van der Waals surface area contributed by atoms with Gasteiger partial charge in [0.05, 0.1) is 7.11 Å². The number of fused-ring (bicyclic) bond motifs is 1. The van der Waals surface area contributed by atoms with E-state index in [1.807, 2.05) is 19.3 Å². The molecule has 1 aromatic heterocycles. The second kappa shape index (κ2) is 18.4. The van der Waals surface area contributed by atoms with Gasteiger partial charge in [0.1, 0.15) is 11.9 Å².